The Bertz CT molecular complexity index is 1080. The van der Waals surface area contributed by atoms with Crippen molar-refractivity contribution < 1.29 is 18.7 Å². The summed E-state index contributed by atoms with van der Waals surface area (Å²) in [5.74, 6) is 2.34. The highest BCUT2D eigenvalue weighted by Crippen LogP contribution is 2.41. The fourth-order valence-corrected chi connectivity index (χ4v) is 4.49. The fraction of sp³-hybridized carbons (Fsp3) is 0.100. The van der Waals surface area contributed by atoms with Gasteiger partial charge < -0.3 is 9.47 Å². The van der Waals surface area contributed by atoms with Crippen molar-refractivity contribution in [1.82, 2.24) is 0 Å². The molecule has 29 heavy (non-hydrogen) atoms. The van der Waals surface area contributed by atoms with Crippen LogP contribution in [0.25, 0.3) is 6.08 Å². The van der Waals surface area contributed by atoms with Gasteiger partial charge in [0.1, 0.15) is 12.4 Å². The molecule has 148 valence electrons. The number of halogens is 3. The zero-order valence-corrected chi connectivity index (χ0v) is 18.8. The zero-order valence-electron chi connectivity index (χ0n) is 14.9. The van der Waals surface area contributed by atoms with Crippen molar-refractivity contribution in [2.45, 2.75) is 0 Å². The number of carbonyl (C=O) groups excluding carboxylic acids is 1. The van der Waals surface area contributed by atoms with E-state index < -0.39 is 5.82 Å². The summed E-state index contributed by atoms with van der Waals surface area (Å²) in [4.78, 5) is 14.6. The predicted octanol–water partition coefficient (Wildman–Crippen LogP) is 5.67. The molecule has 0 aromatic heterocycles. The summed E-state index contributed by atoms with van der Waals surface area (Å²) in [6.07, 6.45) is 6.94. The van der Waals surface area contributed by atoms with Crippen molar-refractivity contribution in [3.63, 3.8) is 0 Å². The van der Waals surface area contributed by atoms with Crippen molar-refractivity contribution in [3.05, 3.63) is 56.1 Å². The molecule has 0 unspecified atom stereocenters. The highest BCUT2D eigenvalue weighted by Gasteiger charge is 2.34. The molecular formula is C20H12BrClFNO3S2. The Labute approximate surface area is 190 Å². The van der Waals surface area contributed by atoms with E-state index in [0.717, 1.165) is 16.2 Å². The number of hydrogen-bond donors (Lipinski definition) is 0. The standard InChI is InChI=1S/C20H12BrClFNO3S2/c1-3-6-27-18-11(7-12(21)9-16(18)26-2)8-17-19(25)24(20(28)29-17)13-4-5-15(23)14(22)10-13/h1,4-5,7-10H,6H2,2H3/b17-8+. The number of nitrogens with zero attached hydrogens (tertiary/aromatic N) is 1. The molecule has 2 aromatic rings. The van der Waals surface area contributed by atoms with Gasteiger partial charge >= 0.3 is 0 Å². The highest BCUT2D eigenvalue weighted by atomic mass is 79.9. The molecule has 2 aromatic carbocycles. The molecule has 1 fully saturated rings. The number of benzene rings is 2. The predicted molar refractivity (Wildman–Crippen MR) is 122 cm³/mol. The smallest absolute Gasteiger partial charge is 0.270 e. The second-order valence-corrected chi connectivity index (χ2v) is 8.63. The Kier molecular flexibility index (Phi) is 6.85. The van der Waals surface area contributed by atoms with Gasteiger partial charge in [-0.2, -0.15) is 0 Å². The minimum Gasteiger partial charge on any atom is -0.493 e. The van der Waals surface area contributed by atoms with Crippen LogP contribution in [0.4, 0.5) is 10.1 Å². The Morgan fingerprint density at radius 2 is 2.17 bits per heavy atom. The molecule has 1 saturated heterocycles. The van der Waals surface area contributed by atoms with Gasteiger partial charge in [-0.25, -0.2) is 4.39 Å². The maximum atomic E-state index is 13.5. The summed E-state index contributed by atoms with van der Waals surface area (Å²) >= 11 is 15.7. The Morgan fingerprint density at radius 3 is 2.83 bits per heavy atom. The van der Waals surface area contributed by atoms with E-state index in [4.69, 9.17) is 39.7 Å². The lowest BCUT2D eigenvalue weighted by Crippen LogP contribution is -2.27. The lowest BCUT2D eigenvalue weighted by molar-refractivity contribution is -0.113. The number of thiocarbonyl (C=S) groups is 1. The van der Waals surface area contributed by atoms with Gasteiger partial charge in [0, 0.05) is 10.0 Å². The first-order valence-corrected chi connectivity index (χ1v) is 10.4. The first kappa shape index (κ1) is 21.7. The number of ether oxygens (including phenoxy) is 2. The molecule has 3 rings (SSSR count). The highest BCUT2D eigenvalue weighted by molar-refractivity contribution is 9.10. The summed E-state index contributed by atoms with van der Waals surface area (Å²) in [5, 5.41) is -0.0952. The Morgan fingerprint density at radius 1 is 1.41 bits per heavy atom. The minimum absolute atomic E-state index is 0.0356. The van der Waals surface area contributed by atoms with Gasteiger partial charge in [0.25, 0.3) is 5.91 Å². The van der Waals surface area contributed by atoms with E-state index in [2.05, 4.69) is 21.9 Å². The topological polar surface area (TPSA) is 38.8 Å². The van der Waals surface area contributed by atoms with Crippen molar-refractivity contribution in [3.8, 4) is 23.8 Å². The molecular weight excluding hydrogens is 501 g/mol. The number of hydrogen-bond acceptors (Lipinski definition) is 5. The number of thioether (sulfide) groups is 1. The van der Waals surface area contributed by atoms with E-state index in [0.29, 0.717) is 32.0 Å². The molecule has 0 aliphatic carbocycles. The van der Waals surface area contributed by atoms with E-state index in [1.54, 1.807) is 18.2 Å². The van der Waals surface area contributed by atoms with Gasteiger partial charge in [-0.05, 0) is 36.4 Å². The van der Waals surface area contributed by atoms with E-state index in [-0.39, 0.29) is 17.5 Å². The van der Waals surface area contributed by atoms with Crippen LogP contribution >= 0.6 is 51.5 Å². The molecule has 1 aliphatic rings. The molecule has 0 N–H and O–H groups in total. The van der Waals surface area contributed by atoms with Gasteiger partial charge in [0.2, 0.25) is 0 Å². The van der Waals surface area contributed by atoms with E-state index in [1.807, 2.05) is 0 Å². The molecule has 9 heteroatoms. The molecule has 0 atom stereocenters. The molecule has 0 spiro atoms. The third-order valence-electron chi connectivity index (χ3n) is 3.81. The van der Waals surface area contributed by atoms with Crippen molar-refractivity contribution in [2.24, 2.45) is 0 Å². The molecule has 0 bridgehead atoms. The van der Waals surface area contributed by atoms with Crippen LogP contribution in [0.5, 0.6) is 11.5 Å². The summed E-state index contributed by atoms with van der Waals surface area (Å²) in [6.45, 7) is 0.0356. The molecule has 1 heterocycles. The van der Waals surface area contributed by atoms with Crippen LogP contribution in [0, 0.1) is 18.2 Å². The lowest BCUT2D eigenvalue weighted by atomic mass is 10.1. The number of rotatable bonds is 5. The van der Waals surface area contributed by atoms with Gasteiger partial charge in [-0.15, -0.1) is 6.42 Å². The van der Waals surface area contributed by atoms with Crippen LogP contribution in [0.2, 0.25) is 5.02 Å². The second kappa shape index (κ2) is 9.18. The number of amides is 1. The quantitative estimate of drug-likeness (QED) is 0.293. The summed E-state index contributed by atoms with van der Waals surface area (Å²) < 4.78 is 25.5. The summed E-state index contributed by atoms with van der Waals surface area (Å²) in [6, 6.07) is 7.49. The Hall–Kier alpha value is -2.05. The van der Waals surface area contributed by atoms with Gasteiger partial charge in [0.05, 0.1) is 22.7 Å². The maximum absolute atomic E-state index is 13.5. The molecule has 0 saturated carbocycles. The average Bonchev–Trinajstić information content (AvgIpc) is 2.96. The lowest BCUT2D eigenvalue weighted by Gasteiger charge is -2.15. The summed E-state index contributed by atoms with van der Waals surface area (Å²) in [5.41, 5.74) is 0.974. The number of carbonyl (C=O) groups is 1. The molecule has 0 radical (unpaired) electrons. The van der Waals surface area contributed by atoms with Crippen LogP contribution in [-0.4, -0.2) is 23.9 Å². The van der Waals surface area contributed by atoms with Crippen LogP contribution in [0.1, 0.15) is 5.56 Å². The van der Waals surface area contributed by atoms with Crippen molar-refractivity contribution in [1.29, 1.82) is 0 Å². The molecule has 4 nitrogen and oxygen atoms in total. The second-order valence-electron chi connectivity index (χ2n) is 5.63. The van der Waals surface area contributed by atoms with E-state index in [9.17, 15) is 9.18 Å². The number of terminal acetylenes is 1. The zero-order chi connectivity index (χ0) is 21.1. The van der Waals surface area contributed by atoms with Crippen LogP contribution in [-0.2, 0) is 4.79 Å². The third kappa shape index (κ3) is 4.59. The van der Waals surface area contributed by atoms with E-state index >= 15 is 0 Å². The van der Waals surface area contributed by atoms with Gasteiger partial charge in [-0.1, -0.05) is 57.4 Å². The van der Waals surface area contributed by atoms with Gasteiger partial charge in [-0.3, -0.25) is 9.69 Å². The summed E-state index contributed by atoms with van der Waals surface area (Å²) in [7, 11) is 1.51. The number of methoxy groups -OCH3 is 1. The van der Waals surface area contributed by atoms with Crippen LogP contribution in [0.15, 0.2) is 39.7 Å². The average molecular weight is 513 g/mol. The Balaban J connectivity index is 2.02. The molecule has 1 amide bonds. The van der Waals surface area contributed by atoms with Gasteiger partial charge in [0.15, 0.2) is 15.8 Å². The van der Waals surface area contributed by atoms with Crippen LogP contribution < -0.4 is 14.4 Å². The first-order valence-electron chi connectivity index (χ1n) is 8.02. The largest absolute Gasteiger partial charge is 0.493 e. The number of anilines is 1. The normalized spacial score (nSPS) is 15.0. The monoisotopic (exact) mass is 511 g/mol. The SMILES string of the molecule is C#CCOc1c(/C=C2/SC(=S)N(c3ccc(F)c(Cl)c3)C2=O)cc(Br)cc1OC. The maximum Gasteiger partial charge on any atom is 0.270 e. The van der Waals surface area contributed by atoms with E-state index in [1.165, 1.54) is 30.2 Å². The first-order chi connectivity index (χ1) is 13.8. The fourth-order valence-electron chi connectivity index (χ4n) is 2.57. The van der Waals surface area contributed by atoms with Crippen molar-refractivity contribution >= 4 is 73.5 Å². The minimum atomic E-state index is -0.576. The van der Waals surface area contributed by atoms with Crippen molar-refractivity contribution in [2.75, 3.05) is 18.6 Å². The van der Waals surface area contributed by atoms with Crippen LogP contribution in [0.3, 0.4) is 0 Å². The molecule has 1 aliphatic heterocycles. The third-order valence-corrected chi connectivity index (χ3v) is 5.86.